The van der Waals surface area contributed by atoms with E-state index in [4.69, 9.17) is 4.42 Å². The van der Waals surface area contributed by atoms with Gasteiger partial charge >= 0.3 is 0 Å². The van der Waals surface area contributed by atoms with Crippen molar-refractivity contribution in [3.8, 4) is 11.6 Å². The van der Waals surface area contributed by atoms with Gasteiger partial charge in [0.05, 0.1) is 22.2 Å². The lowest BCUT2D eigenvalue weighted by atomic mass is 10.2. The second-order valence-corrected chi connectivity index (χ2v) is 8.50. The van der Waals surface area contributed by atoms with Crippen molar-refractivity contribution in [2.45, 2.75) is 32.0 Å². The molecule has 4 rings (SSSR count). The predicted octanol–water partition coefficient (Wildman–Crippen LogP) is 4.77. The topological polar surface area (TPSA) is 85.8 Å². The summed E-state index contributed by atoms with van der Waals surface area (Å²) in [7, 11) is 0. The van der Waals surface area contributed by atoms with Gasteiger partial charge in [0.25, 0.3) is 0 Å². The van der Waals surface area contributed by atoms with E-state index in [0.29, 0.717) is 21.9 Å². The van der Waals surface area contributed by atoms with Gasteiger partial charge in [-0.25, -0.2) is 4.98 Å². The zero-order chi connectivity index (χ0) is 19.7. The van der Waals surface area contributed by atoms with Crippen LogP contribution in [0.2, 0.25) is 0 Å². The number of thiazole rings is 1. The number of rotatable bonds is 6. The van der Waals surface area contributed by atoms with Crippen LogP contribution in [0.15, 0.2) is 46.2 Å². The summed E-state index contributed by atoms with van der Waals surface area (Å²) in [5.41, 5.74) is 2.03. The Kier molecular flexibility index (Phi) is 5.19. The van der Waals surface area contributed by atoms with Crippen LogP contribution in [0.5, 0.6) is 0 Å². The fourth-order valence-corrected chi connectivity index (χ4v) is 4.67. The Morgan fingerprint density at radius 2 is 2.14 bits per heavy atom. The average Bonchev–Trinajstić information content (AvgIpc) is 3.38. The maximum Gasteiger partial charge on any atom is 0.236 e. The van der Waals surface area contributed by atoms with Crippen molar-refractivity contribution < 1.29 is 9.21 Å². The van der Waals surface area contributed by atoms with E-state index in [1.165, 1.54) is 23.1 Å². The first-order valence-corrected chi connectivity index (χ1v) is 10.6. The lowest BCUT2D eigenvalue weighted by Gasteiger charge is -2.12. The molecule has 1 aromatic carbocycles. The molecule has 1 amide bonds. The minimum atomic E-state index is -0.125. The fourth-order valence-electron chi connectivity index (χ4n) is 2.84. The maximum atomic E-state index is 12.4. The van der Waals surface area contributed by atoms with Crippen molar-refractivity contribution in [2.75, 3.05) is 11.1 Å². The number of amides is 1. The van der Waals surface area contributed by atoms with Crippen LogP contribution in [-0.4, -0.2) is 31.4 Å². The minimum Gasteiger partial charge on any atom is -0.461 e. The number of furan rings is 1. The standard InChI is InChI=1S/C19H19N5O2S2/c1-11(2)24-17(13-7-5-9-26-13)22-23-19(24)27-10-15(25)20-18-21-16-12(3)6-4-8-14(16)28-18/h4-9,11H,10H2,1-3H3,(H,20,21,25). The van der Waals surface area contributed by atoms with Gasteiger partial charge in [0.2, 0.25) is 11.7 Å². The highest BCUT2D eigenvalue weighted by Gasteiger charge is 2.19. The van der Waals surface area contributed by atoms with E-state index in [1.54, 1.807) is 6.26 Å². The van der Waals surface area contributed by atoms with E-state index in [0.717, 1.165) is 15.8 Å². The monoisotopic (exact) mass is 413 g/mol. The van der Waals surface area contributed by atoms with Gasteiger partial charge in [0, 0.05) is 6.04 Å². The molecule has 3 heterocycles. The molecular weight excluding hydrogens is 394 g/mol. The highest BCUT2D eigenvalue weighted by Crippen LogP contribution is 2.30. The molecule has 144 valence electrons. The number of nitrogens with zero attached hydrogens (tertiary/aromatic N) is 4. The molecule has 0 radical (unpaired) electrons. The molecule has 0 atom stereocenters. The predicted molar refractivity (Wildman–Crippen MR) is 112 cm³/mol. The summed E-state index contributed by atoms with van der Waals surface area (Å²) in [6.07, 6.45) is 1.61. The third-order valence-electron chi connectivity index (χ3n) is 4.12. The number of anilines is 1. The van der Waals surface area contributed by atoms with Crippen LogP contribution in [-0.2, 0) is 4.79 Å². The highest BCUT2D eigenvalue weighted by molar-refractivity contribution is 7.99. The second-order valence-electron chi connectivity index (χ2n) is 6.52. The first-order chi connectivity index (χ1) is 13.5. The van der Waals surface area contributed by atoms with Gasteiger partial charge in [-0.1, -0.05) is 35.2 Å². The van der Waals surface area contributed by atoms with Crippen LogP contribution in [0.25, 0.3) is 21.8 Å². The summed E-state index contributed by atoms with van der Waals surface area (Å²) in [6.45, 7) is 6.10. The number of aryl methyl sites for hydroxylation is 1. The average molecular weight is 414 g/mol. The summed E-state index contributed by atoms with van der Waals surface area (Å²) in [6, 6.07) is 9.80. The van der Waals surface area contributed by atoms with Crippen LogP contribution < -0.4 is 5.32 Å². The van der Waals surface area contributed by atoms with Crippen molar-refractivity contribution in [1.82, 2.24) is 19.7 Å². The van der Waals surface area contributed by atoms with Gasteiger partial charge in [-0.3, -0.25) is 9.36 Å². The number of carbonyl (C=O) groups is 1. The van der Waals surface area contributed by atoms with Crippen molar-refractivity contribution in [1.29, 1.82) is 0 Å². The molecule has 0 saturated carbocycles. The van der Waals surface area contributed by atoms with E-state index in [-0.39, 0.29) is 17.7 Å². The van der Waals surface area contributed by atoms with Crippen LogP contribution in [0.4, 0.5) is 5.13 Å². The number of hydrogen-bond donors (Lipinski definition) is 1. The molecule has 0 unspecified atom stereocenters. The summed E-state index contributed by atoms with van der Waals surface area (Å²) < 4.78 is 8.48. The molecule has 4 aromatic rings. The number of para-hydroxylation sites is 1. The van der Waals surface area contributed by atoms with Crippen molar-refractivity contribution in [3.05, 3.63) is 42.2 Å². The fraction of sp³-hybridized carbons (Fsp3) is 0.263. The quantitative estimate of drug-likeness (QED) is 0.458. The largest absolute Gasteiger partial charge is 0.461 e. The lowest BCUT2D eigenvalue weighted by molar-refractivity contribution is -0.113. The highest BCUT2D eigenvalue weighted by atomic mass is 32.2. The summed E-state index contributed by atoms with van der Waals surface area (Å²) >= 11 is 2.82. The third kappa shape index (κ3) is 3.67. The molecule has 0 aliphatic carbocycles. The molecule has 7 nitrogen and oxygen atoms in total. The van der Waals surface area contributed by atoms with Gasteiger partial charge in [0.1, 0.15) is 0 Å². The van der Waals surface area contributed by atoms with Gasteiger partial charge in [-0.2, -0.15) is 0 Å². The van der Waals surface area contributed by atoms with Crippen LogP contribution in [0.3, 0.4) is 0 Å². The van der Waals surface area contributed by atoms with E-state index in [9.17, 15) is 4.79 Å². The van der Waals surface area contributed by atoms with Crippen molar-refractivity contribution in [2.24, 2.45) is 0 Å². The minimum absolute atomic E-state index is 0.125. The van der Waals surface area contributed by atoms with Crippen molar-refractivity contribution in [3.63, 3.8) is 0 Å². The normalized spacial score (nSPS) is 11.4. The molecule has 0 fully saturated rings. The number of fused-ring (bicyclic) bond motifs is 1. The number of benzene rings is 1. The Balaban J connectivity index is 1.46. The summed E-state index contributed by atoms with van der Waals surface area (Å²) in [5.74, 6) is 1.41. The Hall–Kier alpha value is -2.65. The first kappa shape index (κ1) is 18.7. The Bertz CT molecular complexity index is 1110. The molecule has 1 N–H and O–H groups in total. The van der Waals surface area contributed by atoms with Crippen LogP contribution in [0.1, 0.15) is 25.5 Å². The number of aromatic nitrogens is 4. The lowest BCUT2D eigenvalue weighted by Crippen LogP contribution is -2.14. The Morgan fingerprint density at radius 1 is 1.29 bits per heavy atom. The first-order valence-electron chi connectivity index (χ1n) is 8.80. The molecule has 0 aliphatic heterocycles. The van der Waals surface area contributed by atoms with E-state index in [2.05, 4.69) is 20.5 Å². The molecule has 9 heteroatoms. The number of carbonyl (C=O) groups excluding carboxylic acids is 1. The SMILES string of the molecule is Cc1cccc2sc(NC(=O)CSc3nnc(-c4ccco4)n3C(C)C)nc12. The van der Waals surface area contributed by atoms with Gasteiger partial charge in [0.15, 0.2) is 16.0 Å². The van der Waals surface area contributed by atoms with Crippen LogP contribution in [0, 0.1) is 6.92 Å². The van der Waals surface area contributed by atoms with E-state index >= 15 is 0 Å². The van der Waals surface area contributed by atoms with Gasteiger partial charge in [-0.15, -0.1) is 10.2 Å². The van der Waals surface area contributed by atoms with Crippen molar-refractivity contribution >= 4 is 44.4 Å². The molecule has 0 aliphatic rings. The smallest absolute Gasteiger partial charge is 0.236 e. The zero-order valence-electron chi connectivity index (χ0n) is 15.7. The van der Waals surface area contributed by atoms with E-state index in [1.807, 2.05) is 55.7 Å². The molecule has 0 saturated heterocycles. The zero-order valence-corrected chi connectivity index (χ0v) is 17.3. The van der Waals surface area contributed by atoms with Gasteiger partial charge in [-0.05, 0) is 44.5 Å². The summed E-state index contributed by atoms with van der Waals surface area (Å²) in [4.78, 5) is 16.9. The second kappa shape index (κ2) is 7.76. The molecular formula is C19H19N5O2S2. The Labute approximate surface area is 170 Å². The summed E-state index contributed by atoms with van der Waals surface area (Å²) in [5, 5.41) is 12.6. The molecule has 3 aromatic heterocycles. The Morgan fingerprint density at radius 3 is 2.86 bits per heavy atom. The maximum absolute atomic E-state index is 12.4. The van der Waals surface area contributed by atoms with Gasteiger partial charge < -0.3 is 9.73 Å². The number of hydrogen-bond acceptors (Lipinski definition) is 7. The van der Waals surface area contributed by atoms with Crippen LogP contribution >= 0.6 is 23.1 Å². The molecule has 0 spiro atoms. The third-order valence-corrected chi connectivity index (χ3v) is 6.00. The van der Waals surface area contributed by atoms with E-state index < -0.39 is 0 Å². The number of thioether (sulfide) groups is 1. The molecule has 28 heavy (non-hydrogen) atoms. The number of nitrogens with one attached hydrogen (secondary N) is 1. The molecule has 0 bridgehead atoms.